The van der Waals surface area contributed by atoms with Gasteiger partial charge in [-0.25, -0.2) is 4.68 Å². The second-order valence-corrected chi connectivity index (χ2v) is 7.25. The highest BCUT2D eigenvalue weighted by atomic mass is 35.5. The normalized spacial score (nSPS) is 11.3. The van der Waals surface area contributed by atoms with Crippen LogP contribution in [0.4, 0.5) is 0 Å². The maximum Gasteiger partial charge on any atom is 0.217 e. The van der Waals surface area contributed by atoms with Crippen LogP contribution < -0.4 is 5.73 Å². The lowest BCUT2D eigenvalue weighted by Gasteiger charge is -2.15. The van der Waals surface area contributed by atoms with Crippen LogP contribution in [-0.2, 0) is 31.5 Å². The molecular weight excluding hydrogens is 342 g/mol. The minimum atomic E-state index is -0.341. The molecule has 120 valence electrons. The van der Waals surface area contributed by atoms with Gasteiger partial charge in [0.1, 0.15) is 5.82 Å². The van der Waals surface area contributed by atoms with Crippen molar-refractivity contribution in [2.75, 3.05) is 7.05 Å². The Morgan fingerprint density at radius 2 is 2.27 bits per heavy atom. The second-order valence-electron chi connectivity index (χ2n) is 5.09. The predicted octanol–water partition coefficient (Wildman–Crippen LogP) is 2.17. The average molecular weight is 360 g/mol. The molecular formula is C13H18ClN5OS2. The number of nitrogens with zero attached hydrogens (tertiary/aromatic N) is 4. The molecule has 0 atom stereocenters. The van der Waals surface area contributed by atoms with Crippen LogP contribution in [0, 0.1) is 4.77 Å². The van der Waals surface area contributed by atoms with Gasteiger partial charge in [-0.3, -0.25) is 9.69 Å². The molecule has 2 aromatic rings. The molecule has 0 aliphatic carbocycles. The number of thiophene rings is 1. The van der Waals surface area contributed by atoms with E-state index >= 15 is 0 Å². The molecule has 0 unspecified atom stereocenters. The van der Waals surface area contributed by atoms with Crippen molar-refractivity contribution >= 4 is 41.1 Å². The van der Waals surface area contributed by atoms with Gasteiger partial charge >= 0.3 is 0 Å². The lowest BCUT2D eigenvalue weighted by Crippen LogP contribution is -2.22. The molecule has 2 N–H and O–H groups in total. The van der Waals surface area contributed by atoms with Gasteiger partial charge in [0.2, 0.25) is 5.91 Å². The van der Waals surface area contributed by atoms with Gasteiger partial charge in [0, 0.05) is 31.3 Å². The number of aryl methyl sites for hydroxylation is 1. The van der Waals surface area contributed by atoms with E-state index in [1.54, 1.807) is 16.0 Å². The van der Waals surface area contributed by atoms with Crippen molar-refractivity contribution in [3.63, 3.8) is 0 Å². The molecule has 0 fully saturated rings. The minimum absolute atomic E-state index is 0.267. The maximum atomic E-state index is 10.9. The third-order valence-electron chi connectivity index (χ3n) is 3.16. The largest absolute Gasteiger partial charge is 0.370 e. The first-order chi connectivity index (χ1) is 10.4. The van der Waals surface area contributed by atoms with E-state index < -0.39 is 0 Å². The highest BCUT2D eigenvalue weighted by Gasteiger charge is 2.11. The lowest BCUT2D eigenvalue weighted by atomic mass is 10.3. The number of hydrogen-bond donors (Lipinski definition) is 1. The van der Waals surface area contributed by atoms with E-state index in [4.69, 9.17) is 29.6 Å². The number of primary amides is 1. The van der Waals surface area contributed by atoms with E-state index in [1.807, 2.05) is 30.8 Å². The molecule has 2 aromatic heterocycles. The number of carbonyl (C=O) groups excluding carboxylic acids is 1. The van der Waals surface area contributed by atoms with Crippen LogP contribution in [-0.4, -0.2) is 32.2 Å². The van der Waals surface area contributed by atoms with Crippen molar-refractivity contribution in [1.29, 1.82) is 0 Å². The first-order valence-electron chi connectivity index (χ1n) is 6.70. The van der Waals surface area contributed by atoms with E-state index in [1.165, 1.54) is 4.88 Å². The predicted molar refractivity (Wildman–Crippen MR) is 90.3 cm³/mol. The Bertz CT molecular complexity index is 720. The van der Waals surface area contributed by atoms with E-state index in [0.29, 0.717) is 17.9 Å². The Kier molecular flexibility index (Phi) is 5.74. The van der Waals surface area contributed by atoms with Gasteiger partial charge in [0.25, 0.3) is 0 Å². The SMILES string of the molecule is CN(Cc1ccc(Cl)s1)Cn1nc(CCC(N)=O)n(C)c1=S. The highest BCUT2D eigenvalue weighted by Crippen LogP contribution is 2.22. The molecule has 1 amide bonds. The topological polar surface area (TPSA) is 69.1 Å². The standard InChI is InChI=1S/C13H18ClN5OS2/c1-17(7-9-3-4-10(14)22-9)8-19-13(21)18(2)12(16-19)6-5-11(15)20/h3-4H,5-8H2,1-2H3,(H2,15,20). The quantitative estimate of drug-likeness (QED) is 0.769. The Morgan fingerprint density at radius 3 is 2.86 bits per heavy atom. The van der Waals surface area contributed by atoms with Gasteiger partial charge < -0.3 is 10.3 Å². The summed E-state index contributed by atoms with van der Waals surface area (Å²) < 4.78 is 4.97. The molecule has 22 heavy (non-hydrogen) atoms. The summed E-state index contributed by atoms with van der Waals surface area (Å²) in [5, 5.41) is 4.47. The molecule has 0 saturated carbocycles. The Labute approximate surface area is 143 Å². The summed E-state index contributed by atoms with van der Waals surface area (Å²) >= 11 is 12.9. The first-order valence-corrected chi connectivity index (χ1v) is 8.31. The van der Waals surface area contributed by atoms with E-state index in [0.717, 1.165) is 16.7 Å². The van der Waals surface area contributed by atoms with Crippen LogP contribution in [0.25, 0.3) is 0 Å². The van der Waals surface area contributed by atoms with Crippen molar-refractivity contribution in [2.24, 2.45) is 12.8 Å². The van der Waals surface area contributed by atoms with Crippen LogP contribution in [0.15, 0.2) is 12.1 Å². The van der Waals surface area contributed by atoms with Gasteiger partial charge in [-0.15, -0.1) is 11.3 Å². The minimum Gasteiger partial charge on any atom is -0.370 e. The molecule has 0 aliphatic heterocycles. The molecule has 0 bridgehead atoms. The van der Waals surface area contributed by atoms with Crippen molar-refractivity contribution in [2.45, 2.75) is 26.1 Å². The molecule has 2 heterocycles. The van der Waals surface area contributed by atoms with Crippen LogP contribution in [0.3, 0.4) is 0 Å². The van der Waals surface area contributed by atoms with Crippen molar-refractivity contribution in [3.8, 4) is 0 Å². The zero-order valence-corrected chi connectivity index (χ0v) is 14.8. The van der Waals surface area contributed by atoms with E-state index in [-0.39, 0.29) is 12.3 Å². The second kappa shape index (κ2) is 7.36. The summed E-state index contributed by atoms with van der Waals surface area (Å²) in [6.45, 7) is 1.34. The van der Waals surface area contributed by atoms with Gasteiger partial charge in [0.15, 0.2) is 4.77 Å². The van der Waals surface area contributed by atoms with E-state index in [9.17, 15) is 4.79 Å². The molecule has 0 spiro atoms. The zero-order chi connectivity index (χ0) is 16.3. The molecule has 9 heteroatoms. The summed E-state index contributed by atoms with van der Waals surface area (Å²) in [5.41, 5.74) is 5.18. The third-order valence-corrected chi connectivity index (χ3v) is 4.86. The molecule has 0 saturated heterocycles. The van der Waals surface area contributed by atoms with Gasteiger partial charge in [-0.2, -0.15) is 5.10 Å². The number of halogens is 1. The monoisotopic (exact) mass is 359 g/mol. The van der Waals surface area contributed by atoms with Crippen LogP contribution in [0.1, 0.15) is 17.1 Å². The van der Waals surface area contributed by atoms with Crippen molar-refractivity contribution in [3.05, 3.63) is 31.9 Å². The smallest absolute Gasteiger partial charge is 0.217 e. The molecule has 2 rings (SSSR count). The average Bonchev–Trinajstić information content (AvgIpc) is 2.95. The van der Waals surface area contributed by atoms with Gasteiger partial charge in [-0.05, 0) is 31.4 Å². The number of rotatable bonds is 7. The first kappa shape index (κ1) is 17.1. The number of hydrogen-bond acceptors (Lipinski definition) is 5. The zero-order valence-electron chi connectivity index (χ0n) is 12.5. The highest BCUT2D eigenvalue weighted by molar-refractivity contribution is 7.71. The summed E-state index contributed by atoms with van der Waals surface area (Å²) in [6.07, 6.45) is 0.760. The van der Waals surface area contributed by atoms with Crippen molar-refractivity contribution < 1.29 is 4.79 Å². The molecule has 0 aliphatic rings. The summed E-state index contributed by atoms with van der Waals surface area (Å²) in [5.74, 6) is 0.420. The van der Waals surface area contributed by atoms with Crippen LogP contribution >= 0.6 is 35.2 Å². The molecule has 6 nitrogen and oxygen atoms in total. The number of nitrogens with two attached hydrogens (primary N) is 1. The fourth-order valence-electron chi connectivity index (χ4n) is 2.06. The summed E-state index contributed by atoms with van der Waals surface area (Å²) in [6, 6.07) is 3.91. The molecule has 0 radical (unpaired) electrons. The maximum absolute atomic E-state index is 10.9. The number of amides is 1. The number of carbonyl (C=O) groups is 1. The summed E-state index contributed by atoms with van der Waals surface area (Å²) in [7, 11) is 3.84. The van der Waals surface area contributed by atoms with E-state index in [2.05, 4.69) is 10.00 Å². The van der Waals surface area contributed by atoms with Gasteiger partial charge in [0.05, 0.1) is 11.0 Å². The van der Waals surface area contributed by atoms with Gasteiger partial charge in [-0.1, -0.05) is 11.6 Å². The fourth-order valence-corrected chi connectivity index (χ4v) is 3.43. The fraction of sp³-hybridized carbons (Fsp3) is 0.462. The lowest BCUT2D eigenvalue weighted by molar-refractivity contribution is -0.118. The van der Waals surface area contributed by atoms with Crippen LogP contribution in [0.2, 0.25) is 4.34 Å². The summed E-state index contributed by atoms with van der Waals surface area (Å²) in [4.78, 5) is 14.2. The third kappa shape index (κ3) is 4.39. The van der Waals surface area contributed by atoms with Crippen molar-refractivity contribution in [1.82, 2.24) is 19.2 Å². The number of aromatic nitrogens is 3. The Hall–Kier alpha value is -1.22. The van der Waals surface area contributed by atoms with Crippen LogP contribution in [0.5, 0.6) is 0 Å². The Morgan fingerprint density at radius 1 is 1.55 bits per heavy atom. The molecule has 0 aromatic carbocycles. The Balaban J connectivity index is 2.04.